The van der Waals surface area contributed by atoms with Crippen molar-refractivity contribution in [2.75, 3.05) is 0 Å². The average Bonchev–Trinajstić information content (AvgIpc) is 3.04. The van der Waals surface area contributed by atoms with Crippen molar-refractivity contribution in [3.63, 3.8) is 0 Å². The van der Waals surface area contributed by atoms with Gasteiger partial charge in [0, 0.05) is 16.9 Å². The summed E-state index contributed by atoms with van der Waals surface area (Å²) in [5.41, 5.74) is 1.47. The summed E-state index contributed by atoms with van der Waals surface area (Å²) in [6, 6.07) is 3.98. The zero-order chi connectivity index (χ0) is 13.2. The Morgan fingerprint density at radius 3 is 3.32 bits per heavy atom. The van der Waals surface area contributed by atoms with Gasteiger partial charge in [-0.05, 0) is 30.2 Å². The molecule has 1 aliphatic rings. The fraction of sp³-hybridized carbons (Fsp3) is 0.429. The van der Waals surface area contributed by atoms with Crippen LogP contribution in [-0.2, 0) is 19.4 Å². The molecule has 4 nitrogen and oxygen atoms in total. The number of thiophene rings is 1. The van der Waals surface area contributed by atoms with E-state index >= 15 is 0 Å². The predicted octanol–water partition coefficient (Wildman–Crippen LogP) is 2.79. The first-order valence-electron chi connectivity index (χ1n) is 6.52. The predicted molar refractivity (Wildman–Crippen MR) is 73.2 cm³/mol. The molecule has 0 bridgehead atoms. The Morgan fingerprint density at radius 2 is 2.53 bits per heavy atom. The number of rotatable bonds is 3. The van der Waals surface area contributed by atoms with Crippen LogP contribution >= 0.6 is 11.3 Å². The summed E-state index contributed by atoms with van der Waals surface area (Å²) in [6.07, 6.45) is 2.89. The van der Waals surface area contributed by atoms with E-state index in [0.29, 0.717) is 18.2 Å². The Hall–Kier alpha value is -1.62. The molecule has 2 aromatic heterocycles. The SMILES string of the molecule is C[C@H]1CCc2onc(C(=O)NCc3cccs3)c2C1. The van der Waals surface area contributed by atoms with E-state index < -0.39 is 0 Å². The molecule has 19 heavy (non-hydrogen) atoms. The maximum absolute atomic E-state index is 12.2. The van der Waals surface area contributed by atoms with Crippen LogP contribution in [0.1, 0.15) is 40.0 Å². The number of aryl methyl sites for hydroxylation is 1. The van der Waals surface area contributed by atoms with Crippen molar-refractivity contribution in [3.8, 4) is 0 Å². The topological polar surface area (TPSA) is 55.1 Å². The quantitative estimate of drug-likeness (QED) is 0.938. The monoisotopic (exact) mass is 276 g/mol. The maximum Gasteiger partial charge on any atom is 0.274 e. The first-order chi connectivity index (χ1) is 9.24. The molecule has 0 radical (unpaired) electrons. The Morgan fingerprint density at radius 1 is 1.63 bits per heavy atom. The molecule has 5 heteroatoms. The zero-order valence-electron chi connectivity index (χ0n) is 10.8. The smallest absolute Gasteiger partial charge is 0.274 e. The minimum Gasteiger partial charge on any atom is -0.360 e. The lowest BCUT2D eigenvalue weighted by Crippen LogP contribution is -2.25. The lowest BCUT2D eigenvalue weighted by atomic mass is 9.88. The Kier molecular flexibility index (Phi) is 3.38. The van der Waals surface area contributed by atoms with Crippen LogP contribution in [0.25, 0.3) is 0 Å². The van der Waals surface area contributed by atoms with E-state index in [4.69, 9.17) is 4.52 Å². The van der Waals surface area contributed by atoms with Gasteiger partial charge in [0.15, 0.2) is 5.69 Å². The van der Waals surface area contributed by atoms with Gasteiger partial charge in [0.1, 0.15) is 5.76 Å². The molecule has 0 aliphatic heterocycles. The van der Waals surface area contributed by atoms with Crippen LogP contribution in [0.3, 0.4) is 0 Å². The first kappa shape index (κ1) is 12.4. The van der Waals surface area contributed by atoms with Crippen LogP contribution in [-0.4, -0.2) is 11.1 Å². The zero-order valence-corrected chi connectivity index (χ0v) is 11.6. The van der Waals surface area contributed by atoms with Crippen LogP contribution < -0.4 is 5.32 Å². The van der Waals surface area contributed by atoms with E-state index in [-0.39, 0.29) is 5.91 Å². The maximum atomic E-state index is 12.2. The molecular formula is C14H16N2O2S. The third-order valence-electron chi connectivity index (χ3n) is 3.50. The standard InChI is InChI=1S/C14H16N2O2S/c1-9-4-5-12-11(7-9)13(16-18-12)14(17)15-8-10-3-2-6-19-10/h2-3,6,9H,4-5,7-8H2,1H3,(H,15,17)/t9-/m0/s1. The fourth-order valence-electron chi connectivity index (χ4n) is 2.42. The van der Waals surface area contributed by atoms with Crippen LogP contribution in [0.5, 0.6) is 0 Å². The molecule has 1 N–H and O–H groups in total. The molecule has 1 amide bonds. The minimum absolute atomic E-state index is 0.132. The van der Waals surface area contributed by atoms with Gasteiger partial charge in [0.05, 0.1) is 6.54 Å². The van der Waals surface area contributed by atoms with E-state index in [1.165, 1.54) is 0 Å². The average molecular weight is 276 g/mol. The summed E-state index contributed by atoms with van der Waals surface area (Å²) in [7, 11) is 0. The molecule has 0 fully saturated rings. The molecule has 3 rings (SSSR count). The van der Waals surface area contributed by atoms with Crippen LogP contribution in [0.2, 0.25) is 0 Å². The molecule has 0 aromatic carbocycles. The second kappa shape index (κ2) is 5.17. The third-order valence-corrected chi connectivity index (χ3v) is 4.38. The van der Waals surface area contributed by atoms with Gasteiger partial charge in [-0.1, -0.05) is 18.1 Å². The molecule has 1 aliphatic carbocycles. The summed E-state index contributed by atoms with van der Waals surface area (Å²) in [5, 5.41) is 8.85. The number of nitrogens with zero attached hydrogens (tertiary/aromatic N) is 1. The van der Waals surface area contributed by atoms with Gasteiger partial charge in [-0.3, -0.25) is 4.79 Å². The van der Waals surface area contributed by atoms with Crippen molar-refractivity contribution < 1.29 is 9.32 Å². The van der Waals surface area contributed by atoms with Crippen LogP contribution in [0.4, 0.5) is 0 Å². The molecular weight excluding hydrogens is 260 g/mol. The van der Waals surface area contributed by atoms with Gasteiger partial charge in [0.2, 0.25) is 0 Å². The van der Waals surface area contributed by atoms with E-state index in [0.717, 1.165) is 35.5 Å². The normalized spacial score (nSPS) is 18.1. The van der Waals surface area contributed by atoms with Gasteiger partial charge in [0.25, 0.3) is 5.91 Å². The molecule has 2 heterocycles. The minimum atomic E-state index is -0.132. The summed E-state index contributed by atoms with van der Waals surface area (Å²) in [5.74, 6) is 1.35. The van der Waals surface area contributed by atoms with Crippen molar-refractivity contribution in [2.24, 2.45) is 5.92 Å². The Bertz CT molecular complexity index is 574. The van der Waals surface area contributed by atoms with E-state index in [2.05, 4.69) is 17.4 Å². The highest BCUT2D eigenvalue weighted by molar-refractivity contribution is 7.09. The molecule has 0 saturated heterocycles. The Balaban J connectivity index is 1.72. The summed E-state index contributed by atoms with van der Waals surface area (Å²) < 4.78 is 5.29. The molecule has 1 atom stereocenters. The second-order valence-corrected chi connectivity index (χ2v) is 6.08. The van der Waals surface area contributed by atoms with Gasteiger partial charge in [-0.15, -0.1) is 11.3 Å². The lowest BCUT2D eigenvalue weighted by molar-refractivity contribution is 0.0941. The highest BCUT2D eigenvalue weighted by atomic mass is 32.1. The largest absolute Gasteiger partial charge is 0.360 e. The summed E-state index contributed by atoms with van der Waals surface area (Å²) >= 11 is 1.63. The van der Waals surface area contributed by atoms with E-state index in [1.54, 1.807) is 11.3 Å². The molecule has 0 unspecified atom stereocenters. The van der Waals surface area contributed by atoms with E-state index in [1.807, 2.05) is 17.5 Å². The van der Waals surface area contributed by atoms with Crippen molar-refractivity contribution in [2.45, 2.75) is 32.7 Å². The van der Waals surface area contributed by atoms with Crippen LogP contribution in [0, 0.1) is 5.92 Å². The van der Waals surface area contributed by atoms with Gasteiger partial charge < -0.3 is 9.84 Å². The van der Waals surface area contributed by atoms with Gasteiger partial charge in [-0.25, -0.2) is 0 Å². The number of carbonyl (C=O) groups excluding carboxylic acids is 1. The van der Waals surface area contributed by atoms with Crippen molar-refractivity contribution in [1.29, 1.82) is 0 Å². The number of aromatic nitrogens is 1. The Labute approximate surface area is 115 Å². The highest BCUT2D eigenvalue weighted by Gasteiger charge is 2.26. The number of amides is 1. The number of hydrogen-bond donors (Lipinski definition) is 1. The summed E-state index contributed by atoms with van der Waals surface area (Å²) in [6.45, 7) is 2.75. The van der Waals surface area contributed by atoms with Gasteiger partial charge in [-0.2, -0.15) is 0 Å². The van der Waals surface area contributed by atoms with E-state index in [9.17, 15) is 4.79 Å². The number of fused-ring (bicyclic) bond motifs is 1. The summed E-state index contributed by atoms with van der Waals surface area (Å²) in [4.78, 5) is 13.3. The fourth-order valence-corrected chi connectivity index (χ4v) is 3.07. The lowest BCUT2D eigenvalue weighted by Gasteiger charge is -2.16. The number of hydrogen-bond acceptors (Lipinski definition) is 4. The molecule has 0 spiro atoms. The number of carbonyl (C=O) groups is 1. The highest BCUT2D eigenvalue weighted by Crippen LogP contribution is 2.27. The van der Waals surface area contributed by atoms with Crippen molar-refractivity contribution in [3.05, 3.63) is 39.4 Å². The molecule has 100 valence electrons. The molecule has 0 saturated carbocycles. The van der Waals surface area contributed by atoms with Gasteiger partial charge >= 0.3 is 0 Å². The third kappa shape index (κ3) is 2.56. The second-order valence-electron chi connectivity index (χ2n) is 5.04. The van der Waals surface area contributed by atoms with Crippen LogP contribution in [0.15, 0.2) is 22.0 Å². The first-order valence-corrected chi connectivity index (χ1v) is 7.40. The molecule has 2 aromatic rings. The van der Waals surface area contributed by atoms with Crippen molar-refractivity contribution in [1.82, 2.24) is 10.5 Å². The number of nitrogens with one attached hydrogen (secondary N) is 1. The van der Waals surface area contributed by atoms with Crippen molar-refractivity contribution >= 4 is 17.2 Å².